The lowest BCUT2D eigenvalue weighted by Gasteiger charge is -2.26. The smallest absolute Gasteiger partial charge is 0.338 e. The molecule has 1 aliphatic rings. The number of carbonyl (C=O) groups excluding carboxylic acids is 1. The summed E-state index contributed by atoms with van der Waals surface area (Å²) in [6.45, 7) is 1.94. The minimum absolute atomic E-state index is 0.187. The van der Waals surface area contributed by atoms with Crippen molar-refractivity contribution in [3.8, 4) is 5.75 Å². The number of carbonyl (C=O) groups is 1. The van der Waals surface area contributed by atoms with Gasteiger partial charge < -0.3 is 9.47 Å². The Kier molecular flexibility index (Phi) is 7.08. The first-order valence-corrected chi connectivity index (χ1v) is 12.9. The van der Waals surface area contributed by atoms with Gasteiger partial charge in [-0.1, -0.05) is 83.6 Å². The lowest BCUT2D eigenvalue weighted by molar-refractivity contribution is -0.138. The fourth-order valence-electron chi connectivity index (χ4n) is 4.30. The van der Waals surface area contributed by atoms with Crippen LogP contribution in [0.3, 0.4) is 0 Å². The molecule has 1 aliphatic heterocycles. The third kappa shape index (κ3) is 4.75. The molecule has 0 N–H and O–H groups in total. The summed E-state index contributed by atoms with van der Waals surface area (Å²) < 4.78 is 13.0. The molecule has 5 rings (SSSR count). The number of benzene rings is 3. The molecule has 0 amide bonds. The summed E-state index contributed by atoms with van der Waals surface area (Å²) in [4.78, 5) is 32.7. The van der Waals surface area contributed by atoms with E-state index in [-0.39, 0.29) is 17.7 Å². The van der Waals surface area contributed by atoms with E-state index in [0.29, 0.717) is 31.4 Å². The van der Waals surface area contributed by atoms with Crippen molar-refractivity contribution < 1.29 is 14.3 Å². The van der Waals surface area contributed by atoms with E-state index in [1.165, 1.54) is 11.3 Å². The minimum Gasteiger partial charge on any atom is -0.497 e. The predicted octanol–water partition coefficient (Wildman–Crippen LogP) is 4.60. The predicted molar refractivity (Wildman–Crippen MR) is 146 cm³/mol. The summed E-state index contributed by atoms with van der Waals surface area (Å²) >= 11 is 7.62. The van der Waals surface area contributed by atoms with Gasteiger partial charge in [0, 0.05) is 10.6 Å². The van der Waals surface area contributed by atoms with Crippen molar-refractivity contribution in [3.05, 3.63) is 126 Å². The highest BCUT2D eigenvalue weighted by atomic mass is 35.5. The van der Waals surface area contributed by atoms with Crippen LogP contribution in [-0.2, 0) is 9.53 Å². The van der Waals surface area contributed by atoms with Crippen LogP contribution >= 0.6 is 22.9 Å². The van der Waals surface area contributed by atoms with Gasteiger partial charge in [-0.15, -0.1) is 0 Å². The summed E-state index contributed by atoms with van der Waals surface area (Å²) in [5, 5.41) is 0.537. The molecule has 0 bridgehead atoms. The third-order valence-corrected chi connectivity index (χ3v) is 7.30. The second-order valence-corrected chi connectivity index (χ2v) is 9.65. The summed E-state index contributed by atoms with van der Waals surface area (Å²) in [6.07, 6.45) is 1.75. The standard InChI is InChI=1S/C29H23ClN2O4S/c1-3-36-28(34)24-25(18-10-5-4-6-11-18)31-29-32(26(24)20-13-9-14-21(16-20)35-2)27(33)23(37-29)17-19-12-7-8-15-22(19)30/h4-17,26H,3H2,1-2H3/b23-17+/t26-/m0/s1. The molecule has 0 spiro atoms. The first kappa shape index (κ1) is 24.7. The van der Waals surface area contributed by atoms with Crippen molar-refractivity contribution in [1.29, 1.82) is 0 Å². The first-order valence-electron chi connectivity index (χ1n) is 11.7. The quantitative estimate of drug-likeness (QED) is 0.342. The van der Waals surface area contributed by atoms with Gasteiger partial charge in [0.15, 0.2) is 4.80 Å². The molecule has 37 heavy (non-hydrogen) atoms. The lowest BCUT2D eigenvalue weighted by Crippen LogP contribution is -2.40. The number of rotatable bonds is 6. The minimum atomic E-state index is -0.769. The molecular weight excluding hydrogens is 508 g/mol. The number of fused-ring (bicyclic) bond motifs is 1. The van der Waals surface area contributed by atoms with Crippen molar-refractivity contribution in [1.82, 2.24) is 4.57 Å². The normalized spacial score (nSPS) is 15.2. The maximum absolute atomic E-state index is 13.9. The highest BCUT2D eigenvalue weighted by Crippen LogP contribution is 2.36. The molecule has 186 valence electrons. The van der Waals surface area contributed by atoms with Gasteiger partial charge in [0.25, 0.3) is 5.56 Å². The Morgan fingerprint density at radius 3 is 2.57 bits per heavy atom. The van der Waals surface area contributed by atoms with E-state index < -0.39 is 12.0 Å². The Bertz CT molecular complexity index is 1690. The Balaban J connectivity index is 1.85. The van der Waals surface area contributed by atoms with E-state index in [1.54, 1.807) is 30.7 Å². The van der Waals surface area contributed by atoms with Gasteiger partial charge in [0.2, 0.25) is 0 Å². The van der Waals surface area contributed by atoms with Crippen molar-refractivity contribution >= 4 is 40.7 Å². The summed E-state index contributed by atoms with van der Waals surface area (Å²) in [5.41, 5.74) is 2.67. The SMILES string of the molecule is CCOC(=O)C1=C(c2ccccc2)N=c2s/c(=C/c3ccccc3Cl)c(=O)n2[C@H]1c1cccc(OC)c1. The van der Waals surface area contributed by atoms with Crippen molar-refractivity contribution in [3.63, 3.8) is 0 Å². The number of hydrogen-bond donors (Lipinski definition) is 0. The summed E-state index contributed by atoms with van der Waals surface area (Å²) in [5.74, 6) is 0.0791. The van der Waals surface area contributed by atoms with Gasteiger partial charge in [0.05, 0.1) is 35.6 Å². The summed E-state index contributed by atoms with van der Waals surface area (Å²) in [6, 6.07) is 23.3. The van der Waals surface area contributed by atoms with Gasteiger partial charge in [-0.2, -0.15) is 0 Å². The zero-order chi connectivity index (χ0) is 25.9. The van der Waals surface area contributed by atoms with Gasteiger partial charge in [-0.25, -0.2) is 9.79 Å². The Morgan fingerprint density at radius 1 is 1.08 bits per heavy atom. The topological polar surface area (TPSA) is 69.9 Å². The zero-order valence-corrected chi connectivity index (χ0v) is 21.8. The molecule has 0 saturated heterocycles. The van der Waals surface area contributed by atoms with Crippen LogP contribution in [0.2, 0.25) is 5.02 Å². The Labute approximate surface area is 222 Å². The molecule has 1 aromatic heterocycles. The zero-order valence-electron chi connectivity index (χ0n) is 20.2. The van der Waals surface area contributed by atoms with Crippen molar-refractivity contribution in [2.24, 2.45) is 4.99 Å². The van der Waals surface area contributed by atoms with Crippen LogP contribution < -0.4 is 19.6 Å². The van der Waals surface area contributed by atoms with Crippen molar-refractivity contribution in [2.45, 2.75) is 13.0 Å². The molecule has 0 fully saturated rings. The van der Waals surface area contributed by atoms with E-state index in [1.807, 2.05) is 72.8 Å². The lowest BCUT2D eigenvalue weighted by atomic mass is 9.93. The largest absolute Gasteiger partial charge is 0.497 e. The third-order valence-electron chi connectivity index (χ3n) is 5.98. The van der Waals surface area contributed by atoms with Crippen LogP contribution in [0.5, 0.6) is 5.75 Å². The molecule has 8 heteroatoms. The fourth-order valence-corrected chi connectivity index (χ4v) is 5.48. The average Bonchev–Trinajstić information content (AvgIpc) is 3.24. The van der Waals surface area contributed by atoms with Crippen LogP contribution in [0.15, 0.2) is 94.2 Å². The Hall–Kier alpha value is -3.94. The summed E-state index contributed by atoms with van der Waals surface area (Å²) in [7, 11) is 1.58. The highest BCUT2D eigenvalue weighted by Gasteiger charge is 2.35. The van der Waals surface area contributed by atoms with E-state index in [0.717, 1.165) is 11.1 Å². The second-order valence-electron chi connectivity index (χ2n) is 8.23. The van der Waals surface area contributed by atoms with E-state index in [9.17, 15) is 9.59 Å². The van der Waals surface area contributed by atoms with Crippen LogP contribution in [0, 0.1) is 0 Å². The maximum Gasteiger partial charge on any atom is 0.338 e. The fraction of sp³-hybridized carbons (Fsp3) is 0.138. The number of nitrogens with zero attached hydrogens (tertiary/aromatic N) is 2. The second kappa shape index (κ2) is 10.6. The number of aromatic nitrogens is 1. The van der Waals surface area contributed by atoms with Crippen LogP contribution in [-0.4, -0.2) is 24.3 Å². The van der Waals surface area contributed by atoms with E-state index in [4.69, 9.17) is 26.1 Å². The van der Waals surface area contributed by atoms with Crippen LogP contribution in [0.25, 0.3) is 11.8 Å². The average molecular weight is 531 g/mol. The number of halogens is 1. The van der Waals surface area contributed by atoms with Gasteiger partial charge in [-0.05, 0) is 42.3 Å². The number of ether oxygens (including phenoxy) is 2. The van der Waals surface area contributed by atoms with Gasteiger partial charge >= 0.3 is 5.97 Å². The van der Waals surface area contributed by atoms with Crippen molar-refractivity contribution in [2.75, 3.05) is 13.7 Å². The molecule has 2 heterocycles. The molecule has 3 aromatic carbocycles. The number of hydrogen-bond acceptors (Lipinski definition) is 6. The monoisotopic (exact) mass is 530 g/mol. The molecule has 1 atom stereocenters. The van der Waals surface area contributed by atoms with Crippen LogP contribution in [0.1, 0.15) is 29.7 Å². The van der Waals surface area contributed by atoms with E-state index >= 15 is 0 Å². The number of thiazole rings is 1. The molecule has 0 aliphatic carbocycles. The van der Waals surface area contributed by atoms with Gasteiger partial charge in [0.1, 0.15) is 5.75 Å². The molecule has 0 radical (unpaired) electrons. The highest BCUT2D eigenvalue weighted by molar-refractivity contribution is 7.07. The number of esters is 1. The van der Waals surface area contributed by atoms with Crippen LogP contribution in [0.4, 0.5) is 0 Å². The maximum atomic E-state index is 13.9. The Morgan fingerprint density at radius 2 is 1.84 bits per heavy atom. The molecule has 4 aromatic rings. The molecule has 0 unspecified atom stereocenters. The molecular formula is C29H23ClN2O4S. The van der Waals surface area contributed by atoms with Gasteiger partial charge in [-0.3, -0.25) is 9.36 Å². The molecule has 0 saturated carbocycles. The molecule has 6 nitrogen and oxygen atoms in total. The number of methoxy groups -OCH3 is 1. The first-order chi connectivity index (χ1) is 18.0. The van der Waals surface area contributed by atoms with E-state index in [2.05, 4.69) is 0 Å².